The quantitative estimate of drug-likeness (QED) is 0.252. The number of aryl methyl sites for hydroxylation is 1. The van der Waals surface area contributed by atoms with Gasteiger partial charge in [0.15, 0.2) is 5.71 Å². The maximum Gasteiger partial charge on any atom is 0.337 e. The van der Waals surface area contributed by atoms with E-state index >= 15 is 4.39 Å². The van der Waals surface area contributed by atoms with Crippen LogP contribution in [0.25, 0.3) is 0 Å². The lowest BCUT2D eigenvalue weighted by Crippen LogP contribution is -2.48. The van der Waals surface area contributed by atoms with E-state index < -0.39 is 51.9 Å². The lowest BCUT2D eigenvalue weighted by molar-refractivity contribution is -0.113. The topological polar surface area (TPSA) is 161 Å². The molecule has 55 heavy (non-hydrogen) atoms. The SMILES string of the molecule is COC(=O)c1ccc2c(c1)N(C[C@@H]1CCO[C@H]1C(OC)/C(F)=C/C[C@H](C)CS(=N)(=O)NC(=O)C1=NC(C)N=C1OC)C[C@@]1(CCCc3cc(Cl)ccc31)CO2. The second kappa shape index (κ2) is 17.0. The number of esters is 1. The monoisotopic (exact) mass is 801 g/mol. The number of hydrogen-bond acceptors (Lipinski definition) is 12. The summed E-state index contributed by atoms with van der Waals surface area (Å²) < 4.78 is 68.3. The van der Waals surface area contributed by atoms with Gasteiger partial charge in [-0.2, -0.15) is 0 Å². The zero-order chi connectivity index (χ0) is 39.5. The lowest BCUT2D eigenvalue weighted by atomic mass is 9.70. The number of halogens is 2. The second-order valence-electron chi connectivity index (χ2n) is 14.8. The van der Waals surface area contributed by atoms with E-state index in [1.807, 2.05) is 12.1 Å². The van der Waals surface area contributed by atoms with Crippen LogP contribution in [0.1, 0.15) is 61.0 Å². The number of methoxy groups -OCH3 is 3. The molecular formula is C39H49ClFN5O8S. The van der Waals surface area contributed by atoms with Gasteiger partial charge in [0.05, 0.1) is 43.9 Å². The Bertz CT molecular complexity index is 1990. The number of anilines is 1. The lowest BCUT2D eigenvalue weighted by Gasteiger charge is -2.41. The third kappa shape index (κ3) is 9.00. The summed E-state index contributed by atoms with van der Waals surface area (Å²) in [5.41, 5.74) is 3.05. The average molecular weight is 802 g/mol. The molecule has 2 aromatic carbocycles. The van der Waals surface area contributed by atoms with Crippen LogP contribution < -0.4 is 14.4 Å². The Hall–Kier alpha value is -4.05. The maximum absolute atomic E-state index is 16.1. The highest BCUT2D eigenvalue weighted by atomic mass is 35.5. The molecule has 3 unspecified atom stereocenters. The van der Waals surface area contributed by atoms with E-state index in [-0.39, 0.29) is 35.1 Å². The first-order chi connectivity index (χ1) is 26.3. The number of allylic oxidation sites excluding steroid dienone is 1. The van der Waals surface area contributed by atoms with E-state index in [9.17, 15) is 13.8 Å². The normalized spacial score (nSPS) is 25.7. The fourth-order valence-electron chi connectivity index (χ4n) is 8.18. The van der Waals surface area contributed by atoms with Crippen molar-refractivity contribution in [3.05, 3.63) is 70.0 Å². The van der Waals surface area contributed by atoms with E-state index in [0.717, 1.165) is 24.9 Å². The number of amides is 1. The number of benzene rings is 2. The summed E-state index contributed by atoms with van der Waals surface area (Å²) in [5, 5.41) is 0.690. The predicted molar refractivity (Wildman–Crippen MR) is 208 cm³/mol. The number of ether oxygens (including phenoxy) is 5. The fourth-order valence-corrected chi connectivity index (χ4v) is 9.79. The van der Waals surface area contributed by atoms with Crippen LogP contribution in [0.15, 0.2) is 58.3 Å². The molecule has 0 aromatic heterocycles. The summed E-state index contributed by atoms with van der Waals surface area (Å²) in [6.07, 6.45) is 2.75. The Morgan fingerprint density at radius 1 is 1.22 bits per heavy atom. The van der Waals surface area contributed by atoms with Gasteiger partial charge in [-0.05, 0) is 92.5 Å². The summed E-state index contributed by atoms with van der Waals surface area (Å²) in [5.74, 6) is -1.97. The molecule has 0 saturated carbocycles. The van der Waals surface area contributed by atoms with E-state index in [1.54, 1.807) is 32.0 Å². The van der Waals surface area contributed by atoms with Crippen LogP contribution in [0.3, 0.4) is 0 Å². The maximum atomic E-state index is 16.1. The first-order valence-corrected chi connectivity index (χ1v) is 20.5. The molecule has 3 heterocycles. The van der Waals surface area contributed by atoms with Gasteiger partial charge in [0, 0.05) is 43.2 Å². The van der Waals surface area contributed by atoms with Crippen LogP contribution in [0.2, 0.25) is 5.02 Å². The van der Waals surface area contributed by atoms with E-state index in [0.29, 0.717) is 49.1 Å². The van der Waals surface area contributed by atoms with Gasteiger partial charge in [-0.25, -0.2) is 28.2 Å². The molecule has 0 radical (unpaired) electrons. The Kier molecular flexibility index (Phi) is 12.5. The molecule has 1 saturated heterocycles. The first kappa shape index (κ1) is 40.6. The van der Waals surface area contributed by atoms with Crippen molar-refractivity contribution in [3.63, 3.8) is 0 Å². The molecule has 2 N–H and O–H groups in total. The summed E-state index contributed by atoms with van der Waals surface area (Å²) in [6, 6.07) is 11.4. The number of fused-ring (bicyclic) bond motifs is 3. The Balaban J connectivity index is 1.19. The Labute approximate surface area is 326 Å². The number of carbonyl (C=O) groups excluding carboxylic acids is 2. The number of aliphatic imine (C=N–C) groups is 2. The minimum absolute atomic E-state index is 0.0137. The van der Waals surface area contributed by atoms with Gasteiger partial charge in [0.1, 0.15) is 33.8 Å². The zero-order valence-corrected chi connectivity index (χ0v) is 33.3. The van der Waals surface area contributed by atoms with Crippen molar-refractivity contribution in [1.82, 2.24) is 4.72 Å². The Morgan fingerprint density at radius 3 is 2.76 bits per heavy atom. The molecule has 1 fully saturated rings. The molecule has 3 aliphatic heterocycles. The molecule has 1 aliphatic carbocycles. The van der Waals surface area contributed by atoms with Gasteiger partial charge in [0.25, 0.3) is 5.91 Å². The van der Waals surface area contributed by atoms with Crippen molar-refractivity contribution >= 4 is 50.7 Å². The van der Waals surface area contributed by atoms with Crippen molar-refractivity contribution in [2.45, 2.75) is 69.7 Å². The van der Waals surface area contributed by atoms with Crippen molar-refractivity contribution in [1.29, 1.82) is 4.78 Å². The largest absolute Gasteiger partial charge is 0.490 e. The van der Waals surface area contributed by atoms with Crippen molar-refractivity contribution in [2.75, 3.05) is 58.3 Å². The minimum atomic E-state index is -3.60. The van der Waals surface area contributed by atoms with Gasteiger partial charge in [-0.3, -0.25) is 9.52 Å². The number of rotatable bonds is 12. The smallest absolute Gasteiger partial charge is 0.337 e. The average Bonchev–Trinajstić information content (AvgIpc) is 3.74. The number of hydrogen-bond donors (Lipinski definition) is 2. The summed E-state index contributed by atoms with van der Waals surface area (Å²) >= 11 is 6.42. The molecule has 16 heteroatoms. The molecule has 298 valence electrons. The molecule has 1 spiro atoms. The van der Waals surface area contributed by atoms with Crippen LogP contribution in [0.4, 0.5) is 10.1 Å². The number of carbonyl (C=O) groups is 2. The standard InChI is InChI=1S/C39H49ClFN5O8S/c1-23(20-55(42,49)45-36(47)33-37(51-4)44-24(2)43-33)8-12-30(41)35(50-3)34-27(14-16-53-34)19-46-21-39(15-6-7-25-17-28(40)10-11-29(25)39)22-54-32-13-9-26(18-31(32)46)38(48)52-5/h9-13,17-18,23-24,27,34-35H,6-8,14-16,19-22H2,1-5H3,(H2,42,45,47,49)/b30-12-/t23-,24?,27-,34+,35?,39-,55?/m0/s1. The van der Waals surface area contributed by atoms with E-state index in [2.05, 4.69) is 25.7 Å². The van der Waals surface area contributed by atoms with Crippen LogP contribution in [-0.4, -0.2) is 99.5 Å². The van der Waals surface area contributed by atoms with Crippen LogP contribution in [-0.2, 0) is 45.5 Å². The highest BCUT2D eigenvalue weighted by molar-refractivity contribution is 7.91. The van der Waals surface area contributed by atoms with Gasteiger partial charge in [-0.1, -0.05) is 24.6 Å². The highest BCUT2D eigenvalue weighted by Gasteiger charge is 2.44. The summed E-state index contributed by atoms with van der Waals surface area (Å²) in [4.78, 5) is 35.8. The van der Waals surface area contributed by atoms with Crippen molar-refractivity contribution < 1.29 is 41.9 Å². The van der Waals surface area contributed by atoms with Gasteiger partial charge < -0.3 is 28.6 Å². The van der Waals surface area contributed by atoms with Crippen molar-refractivity contribution in [3.8, 4) is 5.75 Å². The highest BCUT2D eigenvalue weighted by Crippen LogP contribution is 2.45. The molecule has 0 bridgehead atoms. The second-order valence-corrected chi connectivity index (χ2v) is 17.1. The molecule has 6 rings (SSSR count). The van der Waals surface area contributed by atoms with Crippen LogP contribution in [0.5, 0.6) is 5.75 Å². The zero-order valence-electron chi connectivity index (χ0n) is 31.8. The third-order valence-electron chi connectivity index (χ3n) is 10.7. The molecule has 13 nitrogen and oxygen atoms in total. The molecule has 4 aliphatic rings. The first-order valence-electron chi connectivity index (χ1n) is 18.4. The van der Waals surface area contributed by atoms with E-state index in [4.69, 9.17) is 40.1 Å². The van der Waals surface area contributed by atoms with E-state index in [1.165, 1.54) is 38.5 Å². The third-order valence-corrected chi connectivity index (χ3v) is 12.5. The number of nitrogens with zero attached hydrogens (tertiary/aromatic N) is 3. The van der Waals surface area contributed by atoms with Gasteiger partial charge in [-0.15, -0.1) is 0 Å². The van der Waals surface area contributed by atoms with Crippen molar-refractivity contribution in [2.24, 2.45) is 21.8 Å². The Morgan fingerprint density at radius 2 is 2.02 bits per heavy atom. The van der Waals surface area contributed by atoms with Crippen LogP contribution >= 0.6 is 11.6 Å². The van der Waals surface area contributed by atoms with Gasteiger partial charge in [0.2, 0.25) is 5.90 Å². The van der Waals surface area contributed by atoms with Gasteiger partial charge >= 0.3 is 5.97 Å². The number of nitrogens with one attached hydrogen (secondary N) is 2. The minimum Gasteiger partial charge on any atom is -0.490 e. The summed E-state index contributed by atoms with van der Waals surface area (Å²) in [7, 11) is 0.531. The molecule has 7 atom stereocenters. The summed E-state index contributed by atoms with van der Waals surface area (Å²) in [6.45, 7) is 5.30. The predicted octanol–water partition coefficient (Wildman–Crippen LogP) is 5.82. The molecule has 1 amide bonds. The van der Waals surface area contributed by atoms with Crippen LogP contribution in [0, 0.1) is 16.6 Å². The molecular weight excluding hydrogens is 753 g/mol. The molecule has 2 aromatic rings. The fraction of sp³-hybridized carbons (Fsp3) is 0.538.